The summed E-state index contributed by atoms with van der Waals surface area (Å²) < 4.78 is 0. The molecule has 1 aromatic rings. The number of hydrogen-bond donors (Lipinski definition) is 2. The van der Waals surface area contributed by atoms with E-state index in [1.165, 1.54) is 11.1 Å². The number of fused-ring (bicyclic) bond motifs is 1. The SMILES string of the molecule is CCc1cc(NC(=O)N2C[C@@H]3CCC[C@@]3(C(=O)O)C2)ccc1C. The zero-order valence-corrected chi connectivity index (χ0v) is 13.8. The maximum Gasteiger partial charge on any atom is 0.321 e. The topological polar surface area (TPSA) is 69.6 Å². The summed E-state index contributed by atoms with van der Waals surface area (Å²) in [5.41, 5.74) is 2.48. The van der Waals surface area contributed by atoms with E-state index in [1.54, 1.807) is 4.90 Å². The number of nitrogens with one attached hydrogen (secondary N) is 1. The number of carboxylic acids is 1. The first-order valence-corrected chi connectivity index (χ1v) is 8.35. The second-order valence-corrected chi connectivity index (χ2v) is 6.86. The van der Waals surface area contributed by atoms with E-state index in [0.29, 0.717) is 19.5 Å². The van der Waals surface area contributed by atoms with Crippen molar-refractivity contribution in [1.82, 2.24) is 4.90 Å². The number of nitrogens with zero attached hydrogens (tertiary/aromatic N) is 1. The Morgan fingerprint density at radius 2 is 2.22 bits per heavy atom. The van der Waals surface area contributed by atoms with Crippen molar-refractivity contribution in [2.24, 2.45) is 11.3 Å². The molecule has 3 rings (SSSR count). The molecule has 5 nitrogen and oxygen atoms in total. The van der Waals surface area contributed by atoms with Gasteiger partial charge in [-0.1, -0.05) is 19.4 Å². The van der Waals surface area contributed by atoms with Crippen molar-refractivity contribution in [2.45, 2.75) is 39.5 Å². The average Bonchev–Trinajstić information content (AvgIpc) is 3.07. The van der Waals surface area contributed by atoms with E-state index in [2.05, 4.69) is 19.2 Å². The fourth-order valence-electron chi connectivity index (χ4n) is 4.13. The molecule has 0 spiro atoms. The number of benzene rings is 1. The van der Waals surface area contributed by atoms with Gasteiger partial charge < -0.3 is 15.3 Å². The molecule has 2 aliphatic rings. The Labute approximate surface area is 136 Å². The molecule has 2 atom stereocenters. The van der Waals surface area contributed by atoms with E-state index >= 15 is 0 Å². The second-order valence-electron chi connectivity index (χ2n) is 6.86. The van der Waals surface area contributed by atoms with Gasteiger partial charge in [-0.3, -0.25) is 4.79 Å². The molecule has 1 saturated carbocycles. The molecule has 0 unspecified atom stereocenters. The smallest absolute Gasteiger partial charge is 0.321 e. The number of aryl methyl sites for hydroxylation is 2. The summed E-state index contributed by atoms with van der Waals surface area (Å²) in [4.78, 5) is 25.9. The first-order chi connectivity index (χ1) is 11.0. The lowest BCUT2D eigenvalue weighted by Gasteiger charge is -2.23. The van der Waals surface area contributed by atoms with Gasteiger partial charge in [0, 0.05) is 18.8 Å². The van der Waals surface area contributed by atoms with Crippen LogP contribution in [0.5, 0.6) is 0 Å². The van der Waals surface area contributed by atoms with Gasteiger partial charge in [-0.2, -0.15) is 0 Å². The molecule has 1 heterocycles. The number of hydrogen-bond acceptors (Lipinski definition) is 2. The van der Waals surface area contributed by atoms with Gasteiger partial charge in [0.1, 0.15) is 0 Å². The van der Waals surface area contributed by atoms with Crippen molar-refractivity contribution in [3.8, 4) is 0 Å². The summed E-state index contributed by atoms with van der Waals surface area (Å²) in [5, 5.41) is 12.5. The van der Waals surface area contributed by atoms with Crippen molar-refractivity contribution < 1.29 is 14.7 Å². The Morgan fingerprint density at radius 1 is 1.43 bits per heavy atom. The number of carbonyl (C=O) groups is 2. The first kappa shape index (κ1) is 15.8. The highest BCUT2D eigenvalue weighted by atomic mass is 16.4. The van der Waals surface area contributed by atoms with Crippen LogP contribution in [0, 0.1) is 18.3 Å². The van der Waals surface area contributed by atoms with E-state index in [-0.39, 0.29) is 11.9 Å². The summed E-state index contributed by atoms with van der Waals surface area (Å²) in [6, 6.07) is 5.71. The van der Waals surface area contributed by atoms with Gasteiger partial charge in [-0.15, -0.1) is 0 Å². The average molecular weight is 316 g/mol. The van der Waals surface area contributed by atoms with Crippen molar-refractivity contribution in [3.05, 3.63) is 29.3 Å². The highest BCUT2D eigenvalue weighted by Crippen LogP contribution is 2.48. The van der Waals surface area contributed by atoms with Crippen LogP contribution in [0.15, 0.2) is 18.2 Å². The van der Waals surface area contributed by atoms with E-state index in [0.717, 1.165) is 24.9 Å². The predicted molar refractivity (Wildman–Crippen MR) is 88.6 cm³/mol. The van der Waals surface area contributed by atoms with Gasteiger partial charge in [0.15, 0.2) is 0 Å². The lowest BCUT2D eigenvalue weighted by atomic mass is 9.81. The van der Waals surface area contributed by atoms with Crippen LogP contribution in [0.4, 0.5) is 10.5 Å². The maximum absolute atomic E-state index is 12.5. The van der Waals surface area contributed by atoms with Gasteiger partial charge in [0.25, 0.3) is 0 Å². The molecular formula is C18H24N2O3. The predicted octanol–water partition coefficient (Wildman–Crippen LogP) is 3.28. The molecule has 1 saturated heterocycles. The summed E-state index contributed by atoms with van der Waals surface area (Å²) >= 11 is 0. The molecule has 2 N–H and O–H groups in total. The summed E-state index contributed by atoms with van der Waals surface area (Å²) in [6.45, 7) is 5.02. The number of urea groups is 1. The third kappa shape index (κ3) is 2.69. The van der Waals surface area contributed by atoms with E-state index in [1.807, 2.05) is 18.2 Å². The van der Waals surface area contributed by atoms with E-state index < -0.39 is 11.4 Å². The zero-order chi connectivity index (χ0) is 16.6. The summed E-state index contributed by atoms with van der Waals surface area (Å²) in [6.07, 6.45) is 3.45. The lowest BCUT2D eigenvalue weighted by Crippen LogP contribution is -2.38. The fraction of sp³-hybridized carbons (Fsp3) is 0.556. The van der Waals surface area contributed by atoms with Crippen LogP contribution in [0.1, 0.15) is 37.3 Å². The Kier molecular flexibility index (Phi) is 4.04. The third-order valence-electron chi connectivity index (χ3n) is 5.57. The molecule has 1 aliphatic carbocycles. The Balaban J connectivity index is 1.72. The van der Waals surface area contributed by atoms with Gasteiger partial charge in [-0.25, -0.2) is 4.79 Å². The van der Waals surface area contributed by atoms with Crippen LogP contribution >= 0.6 is 0 Å². The standard InChI is InChI=1S/C18H24N2O3/c1-3-13-9-15(7-6-12(13)2)19-17(23)20-10-14-5-4-8-18(14,11-20)16(21)22/h6-7,9,14H,3-5,8,10-11H2,1-2H3,(H,19,23)(H,21,22)/t14-,18+/m0/s1. The fourth-order valence-corrected chi connectivity index (χ4v) is 4.13. The Bertz CT molecular complexity index is 643. The monoisotopic (exact) mass is 316 g/mol. The number of amides is 2. The van der Waals surface area contributed by atoms with Crippen LogP contribution in [-0.4, -0.2) is 35.1 Å². The molecule has 0 aromatic heterocycles. The molecule has 0 radical (unpaired) electrons. The van der Waals surface area contributed by atoms with Gasteiger partial charge in [0.05, 0.1) is 5.41 Å². The lowest BCUT2D eigenvalue weighted by molar-refractivity contribution is -0.149. The highest BCUT2D eigenvalue weighted by Gasteiger charge is 2.55. The minimum absolute atomic E-state index is 0.0926. The van der Waals surface area contributed by atoms with Crippen molar-refractivity contribution in [2.75, 3.05) is 18.4 Å². The van der Waals surface area contributed by atoms with Crippen molar-refractivity contribution >= 4 is 17.7 Å². The molecule has 124 valence electrons. The number of aliphatic carboxylic acids is 1. The third-order valence-corrected chi connectivity index (χ3v) is 5.57. The van der Waals surface area contributed by atoms with Crippen molar-refractivity contribution in [1.29, 1.82) is 0 Å². The minimum Gasteiger partial charge on any atom is -0.481 e. The van der Waals surface area contributed by atoms with Gasteiger partial charge in [-0.05, 0) is 55.4 Å². The second kappa shape index (κ2) is 5.87. The van der Waals surface area contributed by atoms with Gasteiger partial charge in [0.2, 0.25) is 0 Å². The number of rotatable bonds is 3. The van der Waals surface area contributed by atoms with Crippen LogP contribution in [0.2, 0.25) is 0 Å². The number of carbonyl (C=O) groups excluding carboxylic acids is 1. The van der Waals surface area contributed by atoms with Crippen LogP contribution < -0.4 is 5.32 Å². The minimum atomic E-state index is -0.751. The Morgan fingerprint density at radius 3 is 2.87 bits per heavy atom. The quantitative estimate of drug-likeness (QED) is 0.899. The summed E-state index contributed by atoms with van der Waals surface area (Å²) in [7, 11) is 0. The van der Waals surface area contributed by atoms with Crippen LogP contribution in [0.3, 0.4) is 0 Å². The molecule has 23 heavy (non-hydrogen) atoms. The van der Waals surface area contributed by atoms with Crippen molar-refractivity contribution in [3.63, 3.8) is 0 Å². The van der Waals surface area contributed by atoms with Gasteiger partial charge >= 0.3 is 12.0 Å². The number of anilines is 1. The number of likely N-dealkylation sites (tertiary alicyclic amines) is 1. The Hall–Kier alpha value is -2.04. The molecule has 2 fully saturated rings. The first-order valence-electron chi connectivity index (χ1n) is 8.35. The number of carboxylic acid groups (broad SMARTS) is 1. The molecule has 0 bridgehead atoms. The molecule has 1 aliphatic heterocycles. The normalized spacial score (nSPS) is 26.2. The highest BCUT2D eigenvalue weighted by molar-refractivity contribution is 5.90. The molecule has 1 aromatic carbocycles. The summed E-state index contributed by atoms with van der Waals surface area (Å²) in [5.74, 6) is -0.658. The van der Waals surface area contributed by atoms with Crippen LogP contribution in [0.25, 0.3) is 0 Å². The molecular weight excluding hydrogens is 292 g/mol. The molecule has 5 heteroatoms. The zero-order valence-electron chi connectivity index (χ0n) is 13.8. The van der Waals surface area contributed by atoms with E-state index in [9.17, 15) is 14.7 Å². The van der Waals surface area contributed by atoms with E-state index in [4.69, 9.17) is 0 Å². The molecule has 2 amide bonds. The van der Waals surface area contributed by atoms with Crippen LogP contribution in [-0.2, 0) is 11.2 Å². The maximum atomic E-state index is 12.5. The largest absolute Gasteiger partial charge is 0.481 e.